The van der Waals surface area contributed by atoms with Crippen LogP contribution in [0.1, 0.15) is 44.6 Å². The third-order valence-corrected chi connectivity index (χ3v) is 4.75. The molecule has 180 valence electrons. The van der Waals surface area contributed by atoms with Crippen LogP contribution in [0.4, 0.5) is 15.3 Å². The molecule has 1 aromatic rings. The van der Waals surface area contributed by atoms with Crippen molar-refractivity contribution in [2.75, 3.05) is 24.6 Å². The average Bonchev–Trinajstić information content (AvgIpc) is 3.14. The number of hydrazone groups is 1. The summed E-state index contributed by atoms with van der Waals surface area (Å²) in [6, 6.07) is 5.78. The number of hydrogen-bond donors (Lipinski definition) is 4. The van der Waals surface area contributed by atoms with E-state index in [9.17, 15) is 19.2 Å². The van der Waals surface area contributed by atoms with Crippen LogP contribution in [0.5, 0.6) is 0 Å². The molecule has 1 aliphatic heterocycles. The number of nitrogens with one attached hydrogen (secondary N) is 3. The predicted octanol–water partition coefficient (Wildman–Crippen LogP) is 1.15. The highest BCUT2D eigenvalue weighted by atomic mass is 16.7. The van der Waals surface area contributed by atoms with Crippen molar-refractivity contribution in [2.24, 2.45) is 10.8 Å². The van der Waals surface area contributed by atoms with Gasteiger partial charge in [-0.3, -0.25) is 9.59 Å². The van der Waals surface area contributed by atoms with Crippen LogP contribution in [-0.4, -0.2) is 56.0 Å². The van der Waals surface area contributed by atoms with E-state index in [0.717, 1.165) is 19.3 Å². The zero-order valence-electron chi connectivity index (χ0n) is 18.5. The van der Waals surface area contributed by atoms with Gasteiger partial charge in [0.15, 0.2) is 0 Å². The first-order valence-electron chi connectivity index (χ1n) is 10.8. The minimum Gasteiger partial charge on any atom is -0.466 e. The van der Waals surface area contributed by atoms with E-state index in [1.165, 1.54) is 6.21 Å². The Hall–Kier alpha value is -3.83. The molecule has 12 heteroatoms. The van der Waals surface area contributed by atoms with Gasteiger partial charge in [-0.2, -0.15) is 5.10 Å². The molecule has 1 aliphatic rings. The van der Waals surface area contributed by atoms with E-state index in [1.54, 1.807) is 29.2 Å². The number of anilines is 1. The second-order valence-electron chi connectivity index (χ2n) is 7.27. The van der Waals surface area contributed by atoms with Gasteiger partial charge in [0, 0.05) is 18.8 Å². The molecule has 0 radical (unpaired) electrons. The van der Waals surface area contributed by atoms with Gasteiger partial charge in [-0.15, -0.1) is 5.59 Å². The Morgan fingerprint density at radius 2 is 2.00 bits per heavy atom. The van der Waals surface area contributed by atoms with Gasteiger partial charge in [0.1, 0.15) is 6.04 Å². The first-order valence-corrected chi connectivity index (χ1v) is 10.8. The number of esters is 1. The Morgan fingerprint density at radius 1 is 1.24 bits per heavy atom. The van der Waals surface area contributed by atoms with Gasteiger partial charge in [-0.25, -0.2) is 9.59 Å². The molecule has 0 aliphatic carbocycles. The molecular weight excluding hydrogens is 432 g/mol. The number of nitrogens with zero attached hydrogens (tertiary/aromatic N) is 2. The van der Waals surface area contributed by atoms with Crippen molar-refractivity contribution < 1.29 is 28.8 Å². The van der Waals surface area contributed by atoms with Crippen molar-refractivity contribution in [1.82, 2.24) is 16.2 Å². The van der Waals surface area contributed by atoms with E-state index < -0.39 is 18.2 Å². The third kappa shape index (κ3) is 9.05. The monoisotopic (exact) mass is 462 g/mol. The number of urea groups is 1. The fourth-order valence-electron chi connectivity index (χ4n) is 3.08. The molecule has 0 aromatic heterocycles. The number of primary amides is 1. The Kier molecular flexibility index (Phi) is 10.4. The van der Waals surface area contributed by atoms with Gasteiger partial charge in [0.05, 0.1) is 19.2 Å². The van der Waals surface area contributed by atoms with Crippen LogP contribution in [0.3, 0.4) is 0 Å². The number of hydrogen-bond acceptors (Lipinski definition) is 8. The lowest BCUT2D eigenvalue weighted by Crippen LogP contribution is -2.46. The molecule has 1 fully saturated rings. The largest absolute Gasteiger partial charge is 0.466 e. The van der Waals surface area contributed by atoms with Gasteiger partial charge >= 0.3 is 18.1 Å². The van der Waals surface area contributed by atoms with Crippen molar-refractivity contribution in [3.8, 4) is 0 Å². The first kappa shape index (κ1) is 25.4. The number of carbonyl (C=O) groups is 4. The van der Waals surface area contributed by atoms with E-state index in [-0.39, 0.29) is 24.8 Å². The summed E-state index contributed by atoms with van der Waals surface area (Å²) in [6.45, 7) is 3.04. The average molecular weight is 463 g/mol. The molecule has 0 spiro atoms. The third-order valence-electron chi connectivity index (χ3n) is 4.75. The molecule has 1 saturated heterocycles. The molecule has 33 heavy (non-hydrogen) atoms. The lowest BCUT2D eigenvalue weighted by Gasteiger charge is -2.17. The summed E-state index contributed by atoms with van der Waals surface area (Å²) in [6.07, 6.45) is 3.82. The molecule has 0 unspecified atom stereocenters. The lowest BCUT2D eigenvalue weighted by molar-refractivity contribution is -0.143. The van der Waals surface area contributed by atoms with Crippen molar-refractivity contribution >= 4 is 35.9 Å². The number of nitrogens with two attached hydrogens (primary N) is 1. The number of rotatable bonds is 12. The van der Waals surface area contributed by atoms with Crippen LogP contribution in [0.25, 0.3) is 0 Å². The normalized spacial score (nSPS) is 15.4. The van der Waals surface area contributed by atoms with E-state index >= 15 is 0 Å². The summed E-state index contributed by atoms with van der Waals surface area (Å²) in [5, 5.41) is 8.88. The Morgan fingerprint density at radius 3 is 2.70 bits per heavy atom. The minimum atomic E-state index is -1.01. The zero-order chi connectivity index (χ0) is 24.1. The van der Waals surface area contributed by atoms with Gasteiger partial charge in [-0.1, -0.05) is 31.9 Å². The van der Waals surface area contributed by atoms with E-state index in [0.29, 0.717) is 30.8 Å². The Labute approximate surface area is 191 Å². The predicted molar refractivity (Wildman–Crippen MR) is 120 cm³/mol. The number of amides is 4. The molecule has 12 nitrogen and oxygen atoms in total. The Balaban J connectivity index is 1.72. The second kappa shape index (κ2) is 13.6. The summed E-state index contributed by atoms with van der Waals surface area (Å²) in [4.78, 5) is 52.6. The summed E-state index contributed by atoms with van der Waals surface area (Å²) in [5.74, 6) is -0.586. The van der Waals surface area contributed by atoms with Crippen LogP contribution in [0.2, 0.25) is 0 Å². The minimum absolute atomic E-state index is 0.0735. The summed E-state index contributed by atoms with van der Waals surface area (Å²) in [7, 11) is 0. The van der Waals surface area contributed by atoms with Crippen LogP contribution in [-0.2, 0) is 19.2 Å². The maximum Gasteiger partial charge on any atom is 0.430 e. The highest BCUT2D eigenvalue weighted by Gasteiger charge is 2.33. The standard InChI is InChI=1S/C21H30N6O6/c1-2-3-4-13-32-18(28)9-11-23-21(31)25-17-10-12-27(19(17)29)16-7-5-15(6-8-16)14-24-26-33-20(22)30/h5-8,14,17,26H,2-4,9-13H2,1H3,(H2,22,30)(H2,23,25,31)/t17-/m0/s1. The SMILES string of the molecule is CCCCCOC(=O)CCNC(=O)N[C@H]1CCN(c2ccc(C=NNOC(N)=O)cc2)C1=O. The highest BCUT2D eigenvalue weighted by Crippen LogP contribution is 2.21. The highest BCUT2D eigenvalue weighted by molar-refractivity contribution is 6.01. The van der Waals surface area contributed by atoms with Gasteiger partial charge in [0.2, 0.25) is 5.91 Å². The summed E-state index contributed by atoms with van der Waals surface area (Å²) >= 11 is 0. The Bertz CT molecular complexity index is 844. The van der Waals surface area contributed by atoms with Crippen molar-refractivity contribution in [3.05, 3.63) is 29.8 Å². The fraction of sp³-hybridized carbons (Fsp3) is 0.476. The molecule has 4 amide bonds. The van der Waals surface area contributed by atoms with Crippen LogP contribution in [0.15, 0.2) is 29.4 Å². The number of ether oxygens (including phenoxy) is 1. The molecule has 0 bridgehead atoms. The van der Waals surface area contributed by atoms with Crippen molar-refractivity contribution in [1.29, 1.82) is 0 Å². The van der Waals surface area contributed by atoms with E-state index in [4.69, 9.17) is 10.5 Å². The number of benzene rings is 1. The summed E-state index contributed by atoms with van der Waals surface area (Å²) < 4.78 is 5.08. The second-order valence-corrected chi connectivity index (χ2v) is 7.27. The quantitative estimate of drug-likeness (QED) is 0.157. The van der Waals surface area contributed by atoms with E-state index in [1.807, 2.05) is 5.59 Å². The molecule has 5 N–H and O–H groups in total. The topological polar surface area (TPSA) is 164 Å². The lowest BCUT2D eigenvalue weighted by atomic mass is 10.2. The molecule has 2 rings (SSSR count). The van der Waals surface area contributed by atoms with Crippen molar-refractivity contribution in [3.63, 3.8) is 0 Å². The smallest absolute Gasteiger partial charge is 0.430 e. The molecule has 1 heterocycles. The first-order chi connectivity index (χ1) is 15.9. The molecule has 1 aromatic carbocycles. The van der Waals surface area contributed by atoms with Gasteiger partial charge in [-0.05, 0) is 30.5 Å². The number of carbonyl (C=O) groups excluding carboxylic acids is 4. The fourth-order valence-corrected chi connectivity index (χ4v) is 3.08. The van der Waals surface area contributed by atoms with E-state index in [2.05, 4.69) is 27.5 Å². The van der Waals surface area contributed by atoms with Crippen molar-refractivity contribution in [2.45, 2.75) is 45.1 Å². The molecule has 0 saturated carbocycles. The molecular formula is C21H30N6O6. The van der Waals surface area contributed by atoms with Gasteiger partial charge in [0.25, 0.3) is 0 Å². The molecule has 1 atom stereocenters. The zero-order valence-corrected chi connectivity index (χ0v) is 18.5. The van der Waals surface area contributed by atoms with Crippen LogP contribution < -0.4 is 26.9 Å². The maximum absolute atomic E-state index is 12.7. The maximum atomic E-state index is 12.7. The van der Waals surface area contributed by atoms with Crippen LogP contribution >= 0.6 is 0 Å². The van der Waals surface area contributed by atoms with Gasteiger partial charge < -0.3 is 30.8 Å². The number of unbranched alkanes of at least 4 members (excludes halogenated alkanes) is 2. The summed E-state index contributed by atoms with van der Waals surface area (Å²) in [5.41, 5.74) is 8.19. The van der Waals surface area contributed by atoms with Crippen LogP contribution in [0, 0.1) is 0 Å².